The molecule has 1 atom stereocenters. The Hall–Kier alpha value is -0.610. The fourth-order valence-corrected chi connectivity index (χ4v) is 3.34. The second-order valence-corrected chi connectivity index (χ2v) is 5.87. The van der Waals surface area contributed by atoms with Gasteiger partial charge in [0.25, 0.3) is 0 Å². The zero-order valence-corrected chi connectivity index (χ0v) is 12.3. The van der Waals surface area contributed by atoms with Gasteiger partial charge in [0.2, 0.25) is 0 Å². The molecule has 4 nitrogen and oxygen atoms in total. The number of carbonyl (C=O) groups excluding carboxylic acids is 1. The van der Waals surface area contributed by atoms with Gasteiger partial charge in [0.15, 0.2) is 0 Å². The van der Waals surface area contributed by atoms with E-state index in [9.17, 15) is 4.79 Å². The molecule has 0 amide bonds. The fourth-order valence-electron chi connectivity index (χ4n) is 3.34. The minimum absolute atomic E-state index is 0.0862. The van der Waals surface area contributed by atoms with Crippen LogP contribution in [0.4, 0.5) is 0 Å². The highest BCUT2D eigenvalue weighted by Crippen LogP contribution is 2.20. The van der Waals surface area contributed by atoms with Crippen molar-refractivity contribution in [2.45, 2.75) is 51.0 Å². The monoisotopic (exact) mass is 268 g/mol. The van der Waals surface area contributed by atoms with Crippen molar-refractivity contribution in [3.63, 3.8) is 0 Å². The molecule has 0 aliphatic carbocycles. The summed E-state index contributed by atoms with van der Waals surface area (Å²) in [6, 6.07) is 0.712. The largest absolute Gasteiger partial charge is 0.469 e. The van der Waals surface area contributed by atoms with Crippen LogP contribution in [-0.4, -0.2) is 61.6 Å². The summed E-state index contributed by atoms with van der Waals surface area (Å²) >= 11 is 0. The van der Waals surface area contributed by atoms with Crippen LogP contribution < -0.4 is 0 Å². The molecule has 110 valence electrons. The van der Waals surface area contributed by atoms with Gasteiger partial charge in [-0.05, 0) is 45.3 Å². The van der Waals surface area contributed by atoms with Crippen LogP contribution in [0.5, 0.6) is 0 Å². The van der Waals surface area contributed by atoms with Crippen molar-refractivity contribution in [2.24, 2.45) is 0 Å². The third-order valence-electron chi connectivity index (χ3n) is 4.50. The molecule has 0 saturated carbocycles. The number of rotatable bonds is 4. The van der Waals surface area contributed by atoms with E-state index in [2.05, 4.69) is 9.80 Å². The third kappa shape index (κ3) is 4.77. The molecule has 0 spiro atoms. The molecule has 2 saturated heterocycles. The van der Waals surface area contributed by atoms with Crippen LogP contribution in [0.15, 0.2) is 0 Å². The van der Waals surface area contributed by atoms with Gasteiger partial charge in [-0.1, -0.05) is 12.8 Å². The number of nitrogens with zero attached hydrogens (tertiary/aromatic N) is 2. The summed E-state index contributed by atoms with van der Waals surface area (Å²) in [7, 11) is 1.47. The van der Waals surface area contributed by atoms with E-state index in [1.165, 1.54) is 58.7 Å². The van der Waals surface area contributed by atoms with Crippen molar-refractivity contribution < 1.29 is 9.53 Å². The Morgan fingerprint density at radius 2 is 1.84 bits per heavy atom. The molecule has 0 unspecified atom stereocenters. The van der Waals surface area contributed by atoms with Crippen LogP contribution in [-0.2, 0) is 9.53 Å². The van der Waals surface area contributed by atoms with E-state index in [1.54, 1.807) is 0 Å². The fraction of sp³-hybridized carbons (Fsp3) is 0.933. The number of ether oxygens (including phenoxy) is 1. The topological polar surface area (TPSA) is 32.8 Å². The first-order chi connectivity index (χ1) is 9.29. The highest BCUT2D eigenvalue weighted by Gasteiger charge is 2.25. The average Bonchev–Trinajstić information content (AvgIpc) is 2.74. The van der Waals surface area contributed by atoms with E-state index in [1.807, 2.05) is 0 Å². The summed E-state index contributed by atoms with van der Waals surface area (Å²) in [6.45, 7) is 5.68. The summed E-state index contributed by atoms with van der Waals surface area (Å²) in [5, 5.41) is 0. The molecule has 2 heterocycles. The molecular formula is C15H28N2O2. The zero-order valence-electron chi connectivity index (χ0n) is 12.3. The molecule has 4 heteroatoms. The Labute approximate surface area is 117 Å². The average molecular weight is 268 g/mol. The molecule has 2 aliphatic rings. The molecule has 0 aromatic rings. The Morgan fingerprint density at radius 3 is 2.53 bits per heavy atom. The third-order valence-corrected chi connectivity index (χ3v) is 4.50. The Morgan fingerprint density at radius 1 is 1.11 bits per heavy atom. The van der Waals surface area contributed by atoms with Gasteiger partial charge in [-0.15, -0.1) is 0 Å². The Balaban J connectivity index is 1.77. The maximum Gasteiger partial charge on any atom is 0.306 e. The smallest absolute Gasteiger partial charge is 0.306 e. The van der Waals surface area contributed by atoms with Gasteiger partial charge in [-0.2, -0.15) is 0 Å². The number of hydrogen-bond donors (Lipinski definition) is 0. The van der Waals surface area contributed by atoms with Crippen LogP contribution in [0.2, 0.25) is 0 Å². The van der Waals surface area contributed by atoms with Crippen LogP contribution in [0, 0.1) is 0 Å². The summed E-state index contributed by atoms with van der Waals surface area (Å²) in [5.41, 5.74) is 0. The first-order valence-electron chi connectivity index (χ1n) is 7.83. The number of esters is 1. The van der Waals surface area contributed by atoms with Gasteiger partial charge in [0, 0.05) is 19.1 Å². The number of carbonyl (C=O) groups is 1. The van der Waals surface area contributed by atoms with E-state index in [0.29, 0.717) is 12.5 Å². The van der Waals surface area contributed by atoms with Gasteiger partial charge in [0.1, 0.15) is 0 Å². The zero-order chi connectivity index (χ0) is 13.5. The van der Waals surface area contributed by atoms with E-state index >= 15 is 0 Å². The van der Waals surface area contributed by atoms with E-state index in [0.717, 1.165) is 19.6 Å². The lowest BCUT2D eigenvalue weighted by molar-refractivity contribution is -0.141. The summed E-state index contributed by atoms with van der Waals surface area (Å²) in [6.07, 6.45) is 8.64. The maximum atomic E-state index is 11.2. The minimum Gasteiger partial charge on any atom is -0.469 e. The molecule has 0 N–H and O–H groups in total. The second-order valence-electron chi connectivity index (χ2n) is 5.87. The van der Waals surface area contributed by atoms with Crippen molar-refractivity contribution in [2.75, 3.05) is 39.8 Å². The van der Waals surface area contributed by atoms with Crippen LogP contribution in [0.3, 0.4) is 0 Å². The first-order valence-corrected chi connectivity index (χ1v) is 7.83. The number of hydrogen-bond acceptors (Lipinski definition) is 4. The summed E-state index contributed by atoms with van der Waals surface area (Å²) in [4.78, 5) is 16.4. The van der Waals surface area contributed by atoms with E-state index in [-0.39, 0.29) is 5.97 Å². The van der Waals surface area contributed by atoms with Crippen LogP contribution in [0.1, 0.15) is 44.9 Å². The first kappa shape index (κ1) is 14.8. The van der Waals surface area contributed by atoms with Crippen molar-refractivity contribution in [1.82, 2.24) is 9.80 Å². The predicted octanol–water partition coefficient (Wildman–Crippen LogP) is 1.89. The van der Waals surface area contributed by atoms with Crippen molar-refractivity contribution in [1.29, 1.82) is 0 Å². The van der Waals surface area contributed by atoms with Gasteiger partial charge in [0.05, 0.1) is 13.5 Å². The molecule has 19 heavy (non-hydrogen) atoms. The van der Waals surface area contributed by atoms with E-state index < -0.39 is 0 Å². The van der Waals surface area contributed by atoms with Gasteiger partial charge < -0.3 is 9.64 Å². The molecular weight excluding hydrogens is 240 g/mol. The van der Waals surface area contributed by atoms with Gasteiger partial charge in [-0.3, -0.25) is 9.69 Å². The second kappa shape index (κ2) is 7.85. The van der Waals surface area contributed by atoms with E-state index in [4.69, 9.17) is 4.74 Å². The van der Waals surface area contributed by atoms with Crippen LogP contribution in [0.25, 0.3) is 0 Å². The lowest BCUT2D eigenvalue weighted by Gasteiger charge is -2.39. The lowest BCUT2D eigenvalue weighted by Crippen LogP contribution is -2.48. The standard InChI is InChI=1S/C15H28N2O2/c1-19-15(18)8-12-16-9-6-7-14(13-16)17-10-4-2-3-5-11-17/h14H,2-13H2,1H3/t14-/m0/s1. The molecule has 0 bridgehead atoms. The quantitative estimate of drug-likeness (QED) is 0.729. The van der Waals surface area contributed by atoms with Crippen molar-refractivity contribution >= 4 is 5.97 Å². The lowest BCUT2D eigenvalue weighted by atomic mass is 10.0. The Kier molecular flexibility index (Phi) is 6.11. The Bertz CT molecular complexity index is 275. The normalized spacial score (nSPS) is 26.9. The van der Waals surface area contributed by atoms with Crippen molar-refractivity contribution in [3.8, 4) is 0 Å². The molecule has 2 fully saturated rings. The SMILES string of the molecule is COC(=O)CCN1CCC[C@H](N2CCCCCC2)C1. The van der Waals surface area contributed by atoms with Crippen LogP contribution >= 0.6 is 0 Å². The number of likely N-dealkylation sites (tertiary alicyclic amines) is 2. The summed E-state index contributed by atoms with van der Waals surface area (Å²) in [5.74, 6) is -0.0862. The summed E-state index contributed by atoms with van der Waals surface area (Å²) < 4.78 is 4.72. The highest BCUT2D eigenvalue weighted by atomic mass is 16.5. The highest BCUT2D eigenvalue weighted by molar-refractivity contribution is 5.69. The number of piperidine rings is 1. The minimum atomic E-state index is -0.0862. The van der Waals surface area contributed by atoms with Gasteiger partial charge in [-0.25, -0.2) is 0 Å². The molecule has 0 radical (unpaired) electrons. The molecule has 0 aromatic heterocycles. The molecule has 0 aromatic carbocycles. The van der Waals surface area contributed by atoms with Gasteiger partial charge >= 0.3 is 5.97 Å². The molecule has 2 rings (SSSR count). The maximum absolute atomic E-state index is 11.2. The predicted molar refractivity (Wildman–Crippen MR) is 76.1 cm³/mol. The number of methoxy groups -OCH3 is 1. The molecule has 2 aliphatic heterocycles. The van der Waals surface area contributed by atoms with Crippen molar-refractivity contribution in [3.05, 3.63) is 0 Å².